The van der Waals surface area contributed by atoms with E-state index in [4.69, 9.17) is 44.5 Å². The van der Waals surface area contributed by atoms with Crippen LogP contribution in [0.1, 0.15) is 25.0 Å². The van der Waals surface area contributed by atoms with Crippen molar-refractivity contribution in [1.82, 2.24) is 0 Å². The number of nitrogens with zero attached hydrogens (tertiary/aromatic N) is 2. The summed E-state index contributed by atoms with van der Waals surface area (Å²) in [6.07, 6.45) is -0.538. The molecule has 4 rings (SSSR count). The molecule has 14 nitrogen and oxygen atoms in total. The number of rotatable bonds is 16. The van der Waals surface area contributed by atoms with Crippen molar-refractivity contribution in [2.24, 2.45) is 0 Å². The third-order valence-corrected chi connectivity index (χ3v) is 7.39. The van der Waals surface area contributed by atoms with Gasteiger partial charge in [-0.05, 0) is 61.4 Å². The van der Waals surface area contributed by atoms with Crippen LogP contribution >= 0.6 is 0 Å². The highest BCUT2D eigenvalue weighted by molar-refractivity contribution is 5.98. The van der Waals surface area contributed by atoms with Crippen molar-refractivity contribution in [3.8, 4) is 17.6 Å². The second-order valence-corrected chi connectivity index (χ2v) is 11.5. The van der Waals surface area contributed by atoms with Gasteiger partial charge in [-0.1, -0.05) is 37.4 Å². The summed E-state index contributed by atoms with van der Waals surface area (Å²) >= 11 is 0. The Hall–Kier alpha value is -6.22. The second-order valence-electron chi connectivity index (χ2n) is 11.5. The summed E-state index contributed by atoms with van der Waals surface area (Å²) in [5.74, 6) is -1.80. The lowest BCUT2D eigenvalue weighted by Crippen LogP contribution is -2.36. The predicted octanol–water partition coefficient (Wildman–Crippen LogP) is 4.17. The summed E-state index contributed by atoms with van der Waals surface area (Å²) in [5, 5.41) is 9.65. The first-order valence-corrected chi connectivity index (χ1v) is 16.0. The van der Waals surface area contributed by atoms with Gasteiger partial charge in [0.1, 0.15) is 61.8 Å². The van der Waals surface area contributed by atoms with E-state index in [0.717, 1.165) is 0 Å². The molecule has 0 aliphatic carbocycles. The highest BCUT2D eigenvalue weighted by Gasteiger charge is 2.51. The van der Waals surface area contributed by atoms with Crippen molar-refractivity contribution in [1.29, 1.82) is 5.26 Å². The molecular formula is C38H36N2O12. The largest absolute Gasteiger partial charge is 0.490 e. The van der Waals surface area contributed by atoms with Crippen LogP contribution in [0.3, 0.4) is 0 Å². The second kappa shape index (κ2) is 18.7. The molecule has 0 spiro atoms. The van der Waals surface area contributed by atoms with Crippen LogP contribution in [-0.4, -0.2) is 87.9 Å². The van der Waals surface area contributed by atoms with Gasteiger partial charge in [0.25, 0.3) is 5.70 Å². The zero-order valence-electron chi connectivity index (χ0n) is 28.5. The third-order valence-electron chi connectivity index (χ3n) is 7.39. The van der Waals surface area contributed by atoms with Crippen LogP contribution in [0.5, 0.6) is 11.5 Å². The van der Waals surface area contributed by atoms with Gasteiger partial charge in [0, 0.05) is 11.1 Å². The van der Waals surface area contributed by atoms with Crippen molar-refractivity contribution in [2.75, 3.05) is 39.6 Å². The maximum atomic E-state index is 12.9. The molecule has 0 N–H and O–H groups in total. The summed E-state index contributed by atoms with van der Waals surface area (Å²) in [6.45, 7) is 17.8. The fraction of sp³-hybridized carbons (Fsp3) is 0.316. The molecule has 14 heteroatoms. The van der Waals surface area contributed by atoms with Gasteiger partial charge in [-0.25, -0.2) is 19.2 Å². The lowest BCUT2D eigenvalue weighted by Gasteiger charge is -2.17. The number of hydrogen-bond donors (Lipinski definition) is 0. The van der Waals surface area contributed by atoms with Gasteiger partial charge in [-0.2, -0.15) is 5.26 Å². The molecule has 52 heavy (non-hydrogen) atoms. The molecule has 2 aliphatic rings. The molecule has 2 fully saturated rings. The van der Waals surface area contributed by atoms with Gasteiger partial charge < -0.3 is 37.9 Å². The monoisotopic (exact) mass is 712 g/mol. The van der Waals surface area contributed by atoms with Crippen LogP contribution < -0.4 is 9.47 Å². The Kier molecular flexibility index (Phi) is 13.9. The number of benzene rings is 2. The fourth-order valence-electron chi connectivity index (χ4n) is 4.78. The summed E-state index contributed by atoms with van der Waals surface area (Å²) in [6, 6.07) is 14.9. The molecule has 0 saturated carbocycles. The molecule has 0 unspecified atom stereocenters. The quantitative estimate of drug-likeness (QED) is 0.0607. The number of nitriles is 1. The van der Waals surface area contributed by atoms with Gasteiger partial charge >= 0.3 is 23.9 Å². The van der Waals surface area contributed by atoms with E-state index < -0.39 is 48.3 Å². The molecule has 0 amide bonds. The molecular weight excluding hydrogens is 676 g/mol. The molecule has 2 aromatic rings. The first kappa shape index (κ1) is 38.6. The van der Waals surface area contributed by atoms with Crippen LogP contribution in [0.4, 0.5) is 0 Å². The minimum absolute atomic E-state index is 0.0455. The Morgan fingerprint density at radius 3 is 1.62 bits per heavy atom. The number of carbonyl (C=O) groups excluding carboxylic acids is 4. The average Bonchev–Trinajstić information content (AvgIpc) is 3.73. The topological polar surface area (TPSA) is 170 Å². The standard InChI is InChI=1S/C38H36N2O12/c1-23(2)35(41)47-16-14-45-28-10-6-25(7-11-28)18-27(20-39)37(43)51-31-21-49-34-32(22-50-33(31)34)52-38(44)30(40-5)19-26-8-12-29(13-9-26)46-15-17-48-36(42)24(3)4/h6-13,18-19,31-34H,1,3,14-17,21-22H2,2,4H3/b27-18+,30-19-/t31-,32+,33-,34-/m1/s1. The van der Waals surface area contributed by atoms with Crippen molar-refractivity contribution in [2.45, 2.75) is 38.3 Å². The molecule has 2 heterocycles. The summed E-state index contributed by atoms with van der Waals surface area (Å²) in [4.78, 5) is 52.0. The molecule has 0 bridgehead atoms. The Bertz CT molecular complexity index is 1680. The van der Waals surface area contributed by atoms with Crippen molar-refractivity contribution in [3.63, 3.8) is 0 Å². The summed E-state index contributed by atoms with van der Waals surface area (Å²) in [5.41, 5.74) is 1.11. The first-order valence-electron chi connectivity index (χ1n) is 16.0. The van der Waals surface area contributed by atoms with Crippen LogP contribution in [-0.2, 0) is 47.6 Å². The number of hydrogen-bond acceptors (Lipinski definition) is 13. The number of ether oxygens (including phenoxy) is 8. The predicted molar refractivity (Wildman–Crippen MR) is 183 cm³/mol. The average molecular weight is 713 g/mol. The smallest absolute Gasteiger partial charge is 0.349 e. The minimum Gasteiger partial charge on any atom is -0.490 e. The van der Waals surface area contributed by atoms with E-state index in [2.05, 4.69) is 18.0 Å². The van der Waals surface area contributed by atoms with Crippen molar-refractivity contribution in [3.05, 3.63) is 107 Å². The van der Waals surface area contributed by atoms with E-state index >= 15 is 0 Å². The minimum atomic E-state index is -0.888. The van der Waals surface area contributed by atoms with Gasteiger partial charge in [0.15, 0.2) is 12.2 Å². The maximum absolute atomic E-state index is 12.9. The molecule has 0 radical (unpaired) electrons. The van der Waals surface area contributed by atoms with E-state index in [9.17, 15) is 24.4 Å². The Morgan fingerprint density at radius 1 is 0.750 bits per heavy atom. The lowest BCUT2D eigenvalue weighted by molar-refractivity contribution is -0.150. The van der Waals surface area contributed by atoms with E-state index in [1.54, 1.807) is 62.4 Å². The van der Waals surface area contributed by atoms with Crippen LogP contribution in [0.2, 0.25) is 0 Å². The Labute approximate surface area is 300 Å². The van der Waals surface area contributed by atoms with E-state index in [-0.39, 0.29) is 62.1 Å². The van der Waals surface area contributed by atoms with Crippen LogP contribution in [0.25, 0.3) is 17.0 Å². The SMILES string of the molecule is [C-]#[N+]/C(=C\c1ccc(OCCOC(=O)C(=C)C)cc1)C(=O)O[C@H]1CO[C@H]2[C@@H]1OC[C@H]2OC(=O)/C(C#N)=C/c1ccc(OCCOC(=O)C(=C)C)cc1. The molecule has 4 atom stereocenters. The molecule has 2 saturated heterocycles. The molecule has 2 aromatic carbocycles. The Morgan fingerprint density at radius 2 is 1.19 bits per heavy atom. The Balaban J connectivity index is 1.26. The molecule has 2 aliphatic heterocycles. The van der Waals surface area contributed by atoms with Gasteiger partial charge in [0.05, 0.1) is 19.8 Å². The van der Waals surface area contributed by atoms with Crippen LogP contribution in [0.15, 0.2) is 84.1 Å². The van der Waals surface area contributed by atoms with E-state index in [1.165, 1.54) is 12.2 Å². The zero-order valence-corrected chi connectivity index (χ0v) is 28.5. The summed E-state index contributed by atoms with van der Waals surface area (Å²) in [7, 11) is 0. The zero-order chi connectivity index (χ0) is 37.6. The van der Waals surface area contributed by atoms with Gasteiger partial charge in [0.2, 0.25) is 0 Å². The summed E-state index contributed by atoms with van der Waals surface area (Å²) < 4.78 is 43.6. The van der Waals surface area contributed by atoms with Crippen molar-refractivity contribution >= 4 is 36.0 Å². The lowest BCUT2D eigenvalue weighted by atomic mass is 10.1. The highest BCUT2D eigenvalue weighted by atomic mass is 16.7. The number of esters is 4. The van der Waals surface area contributed by atoms with E-state index in [1.807, 2.05) is 6.07 Å². The van der Waals surface area contributed by atoms with E-state index in [0.29, 0.717) is 22.6 Å². The maximum Gasteiger partial charge on any atom is 0.349 e. The van der Waals surface area contributed by atoms with Gasteiger partial charge in [-0.15, -0.1) is 0 Å². The third kappa shape index (κ3) is 10.9. The highest BCUT2D eigenvalue weighted by Crippen LogP contribution is 2.32. The van der Waals surface area contributed by atoms with Gasteiger partial charge in [-0.3, -0.25) is 4.79 Å². The van der Waals surface area contributed by atoms with Crippen LogP contribution in [0, 0.1) is 17.9 Å². The molecule has 0 aromatic heterocycles. The number of fused-ring (bicyclic) bond motifs is 1. The first-order chi connectivity index (χ1) is 25.0. The number of carbonyl (C=O) groups is 4. The van der Waals surface area contributed by atoms with Crippen molar-refractivity contribution < 1.29 is 57.1 Å². The fourth-order valence-corrected chi connectivity index (χ4v) is 4.78. The molecule has 270 valence electrons. The normalized spacial score (nSPS) is 19.2.